The number of hydrogen-bond acceptors (Lipinski definition) is 2. The Morgan fingerprint density at radius 2 is 1.28 bits per heavy atom. The molecule has 1 N–H and O–H groups in total. The molecular weight excluding hydrogens is 558 g/mol. The van der Waals surface area contributed by atoms with Gasteiger partial charge in [0.25, 0.3) is 0 Å². The first-order valence-electron chi connectivity index (χ1n) is 12.8. The van der Waals surface area contributed by atoms with Gasteiger partial charge in [-0.2, -0.15) is 5.10 Å². The van der Waals surface area contributed by atoms with Gasteiger partial charge in [0, 0.05) is 63.0 Å². The number of nitrogens with zero attached hydrogens (tertiary/aromatic N) is 2. The summed E-state index contributed by atoms with van der Waals surface area (Å²) in [6, 6.07) is 23.3. The van der Waals surface area contributed by atoms with Crippen molar-refractivity contribution in [3.05, 3.63) is 79.9 Å². The molecule has 0 spiro atoms. The van der Waals surface area contributed by atoms with Crippen LogP contribution in [-0.2, 0) is 51.3 Å². The molecule has 1 aliphatic rings. The molecule has 1 aromatic heterocycles. The second kappa shape index (κ2) is 26.9. The zero-order valence-electron chi connectivity index (χ0n) is 24.0. The van der Waals surface area contributed by atoms with E-state index in [1.807, 2.05) is 116 Å². The molecule has 0 saturated heterocycles. The SMILES string of the molecule is CC.CC.CC.CC.O=C(NC1CCCC1)c1[c-]c(-c2ccccc2)n(-c2ccccc2)n1.[CH3-].[V].[Y]. The van der Waals surface area contributed by atoms with Crippen LogP contribution in [0.15, 0.2) is 60.7 Å². The van der Waals surface area contributed by atoms with Crippen molar-refractivity contribution in [3.63, 3.8) is 0 Å². The zero-order valence-corrected chi connectivity index (χ0v) is 28.2. The molecule has 1 heterocycles. The van der Waals surface area contributed by atoms with Crippen LogP contribution < -0.4 is 5.32 Å². The third kappa shape index (κ3) is 13.4. The van der Waals surface area contributed by atoms with Gasteiger partial charge in [-0.15, -0.1) is 18.2 Å². The van der Waals surface area contributed by atoms with Gasteiger partial charge in [-0.25, -0.2) is 0 Å². The molecule has 1 fully saturated rings. The van der Waals surface area contributed by atoms with Crippen molar-refractivity contribution in [2.45, 2.75) is 87.1 Å². The first kappa shape index (κ1) is 41.9. The molecule has 0 aliphatic heterocycles. The van der Waals surface area contributed by atoms with E-state index in [1.165, 1.54) is 12.8 Å². The average Bonchev–Trinajstić information content (AvgIpc) is 3.60. The third-order valence-corrected chi connectivity index (χ3v) is 4.60. The molecule has 3 aromatic rings. The monoisotopic (exact) mass is 605 g/mol. The van der Waals surface area contributed by atoms with Gasteiger partial charge in [0.05, 0.1) is 5.69 Å². The molecule has 1 saturated carbocycles. The van der Waals surface area contributed by atoms with Gasteiger partial charge in [-0.1, -0.05) is 110 Å². The van der Waals surface area contributed by atoms with E-state index in [2.05, 4.69) is 16.5 Å². The van der Waals surface area contributed by atoms with Crippen LogP contribution in [0.2, 0.25) is 0 Å². The Hall–Kier alpha value is -1.19. The summed E-state index contributed by atoms with van der Waals surface area (Å²) in [7, 11) is 0. The number of aromatic nitrogens is 2. The molecule has 4 nitrogen and oxygen atoms in total. The van der Waals surface area contributed by atoms with Crippen LogP contribution in [0.5, 0.6) is 0 Å². The fraction of sp³-hybridized carbons (Fsp3) is 0.433. The van der Waals surface area contributed by atoms with Gasteiger partial charge < -0.3 is 17.5 Å². The number of nitrogens with one attached hydrogen (secondary N) is 1. The molecule has 36 heavy (non-hydrogen) atoms. The number of rotatable bonds is 4. The minimum absolute atomic E-state index is 0. The third-order valence-electron chi connectivity index (χ3n) is 4.60. The van der Waals surface area contributed by atoms with Gasteiger partial charge in [-0.3, -0.25) is 4.68 Å². The molecule has 0 unspecified atom stereocenters. The van der Waals surface area contributed by atoms with Crippen LogP contribution in [0.1, 0.15) is 91.6 Å². The summed E-state index contributed by atoms with van der Waals surface area (Å²) in [6.45, 7) is 16.0. The summed E-state index contributed by atoms with van der Waals surface area (Å²) in [4.78, 5) is 12.6. The number of para-hydroxylation sites is 1. The van der Waals surface area contributed by atoms with Gasteiger partial charge >= 0.3 is 0 Å². The predicted octanol–water partition coefficient (Wildman–Crippen LogP) is 8.56. The van der Waals surface area contributed by atoms with E-state index in [0.717, 1.165) is 29.8 Å². The quantitative estimate of drug-likeness (QED) is 0.303. The van der Waals surface area contributed by atoms with Gasteiger partial charge in [-0.05, 0) is 30.7 Å². The first-order valence-corrected chi connectivity index (χ1v) is 12.8. The zero-order chi connectivity index (χ0) is 25.1. The number of carbonyl (C=O) groups is 1. The molecule has 6 heteroatoms. The second-order valence-electron chi connectivity index (χ2n) is 6.39. The molecular formula is C30H47N3OVY-2. The van der Waals surface area contributed by atoms with Gasteiger partial charge in [0.15, 0.2) is 5.91 Å². The molecule has 2 aromatic carbocycles. The molecule has 0 bridgehead atoms. The standard InChI is InChI=1S/C21H20N3O.4C2H6.CH3.V.Y/c25-21(22-17-11-7-8-12-17)19-15-20(16-9-3-1-4-10-16)24(23-19)18-13-5-2-6-14-18;4*1-2;;;/h1-6,9-10,13-14,17H,7-8,11-12H2,(H,22,25);4*1-2H3;1H3;;/q-1;;;;;-1;;. The number of carbonyl (C=O) groups excluding carboxylic acids is 1. The summed E-state index contributed by atoms with van der Waals surface area (Å²) in [5.74, 6) is -0.140. The Bertz CT molecular complexity index is 807. The van der Waals surface area contributed by atoms with E-state index in [1.54, 1.807) is 4.68 Å². The Labute approximate surface area is 259 Å². The molecule has 0 atom stereocenters. The van der Waals surface area contributed by atoms with E-state index in [-0.39, 0.29) is 70.6 Å². The Morgan fingerprint density at radius 3 is 1.75 bits per heavy atom. The van der Waals surface area contributed by atoms with E-state index in [0.29, 0.717) is 5.69 Å². The molecule has 2 radical (unpaired) electrons. The maximum Gasteiger partial charge on any atom is 0.167 e. The average molecular weight is 606 g/mol. The Morgan fingerprint density at radius 1 is 0.833 bits per heavy atom. The van der Waals surface area contributed by atoms with Crippen molar-refractivity contribution in [2.75, 3.05) is 0 Å². The normalized spacial score (nSPS) is 10.8. The Kier molecular flexibility index (Phi) is 31.3. The fourth-order valence-corrected chi connectivity index (χ4v) is 3.31. The van der Waals surface area contributed by atoms with Crippen LogP contribution in [-0.4, -0.2) is 21.7 Å². The predicted molar refractivity (Wildman–Crippen MR) is 149 cm³/mol. The summed E-state index contributed by atoms with van der Waals surface area (Å²) in [5.41, 5.74) is 3.04. The van der Waals surface area contributed by atoms with E-state index >= 15 is 0 Å². The summed E-state index contributed by atoms with van der Waals surface area (Å²) >= 11 is 0. The molecule has 4 rings (SSSR count). The van der Waals surface area contributed by atoms with E-state index < -0.39 is 0 Å². The summed E-state index contributed by atoms with van der Waals surface area (Å²) in [5, 5.41) is 7.64. The van der Waals surface area contributed by atoms with Gasteiger partial charge in [0.1, 0.15) is 0 Å². The maximum atomic E-state index is 12.6. The van der Waals surface area contributed by atoms with Crippen molar-refractivity contribution >= 4 is 5.91 Å². The second-order valence-corrected chi connectivity index (χ2v) is 6.39. The van der Waals surface area contributed by atoms with Gasteiger partial charge in [0.2, 0.25) is 0 Å². The van der Waals surface area contributed by atoms with Crippen molar-refractivity contribution in [3.8, 4) is 16.9 Å². The van der Waals surface area contributed by atoms with E-state index in [9.17, 15) is 4.79 Å². The number of hydrogen-bond donors (Lipinski definition) is 1. The van der Waals surface area contributed by atoms with Crippen LogP contribution >= 0.6 is 0 Å². The molecule has 1 aliphatic carbocycles. The van der Waals surface area contributed by atoms with Crippen LogP contribution in [0.3, 0.4) is 0 Å². The number of benzene rings is 2. The van der Waals surface area contributed by atoms with Crippen LogP contribution in [0.25, 0.3) is 16.9 Å². The van der Waals surface area contributed by atoms with Crippen molar-refractivity contribution < 1.29 is 56.1 Å². The fourth-order valence-electron chi connectivity index (χ4n) is 3.31. The minimum atomic E-state index is -0.140. The van der Waals surface area contributed by atoms with E-state index in [4.69, 9.17) is 0 Å². The largest absolute Gasteiger partial charge is 0.400 e. The summed E-state index contributed by atoms with van der Waals surface area (Å²) < 4.78 is 1.79. The maximum absolute atomic E-state index is 12.6. The van der Waals surface area contributed by atoms with Crippen molar-refractivity contribution in [1.82, 2.24) is 15.1 Å². The first-order chi connectivity index (χ1) is 16.3. The Balaban J connectivity index is -0.000000426. The molecule has 198 valence electrons. The smallest absolute Gasteiger partial charge is 0.167 e. The molecule has 1 amide bonds. The number of amides is 1. The minimum Gasteiger partial charge on any atom is -0.400 e. The van der Waals surface area contributed by atoms with Crippen LogP contribution in [0.4, 0.5) is 0 Å². The van der Waals surface area contributed by atoms with Crippen molar-refractivity contribution in [1.29, 1.82) is 0 Å². The van der Waals surface area contributed by atoms with Crippen molar-refractivity contribution in [2.24, 2.45) is 0 Å². The topological polar surface area (TPSA) is 46.9 Å². The summed E-state index contributed by atoms with van der Waals surface area (Å²) in [6.07, 6.45) is 4.47. The van der Waals surface area contributed by atoms with Crippen LogP contribution in [0, 0.1) is 13.5 Å².